The highest BCUT2D eigenvalue weighted by Gasteiger charge is 2.41. The van der Waals surface area contributed by atoms with Crippen LogP contribution in [-0.2, 0) is 25.5 Å². The van der Waals surface area contributed by atoms with Crippen molar-refractivity contribution in [3.8, 4) is 0 Å². The number of nitrogens with zero attached hydrogens (tertiary/aromatic N) is 3. The summed E-state index contributed by atoms with van der Waals surface area (Å²) in [5.74, 6) is -1.31. The Balaban J connectivity index is 1.41. The molecule has 4 rings (SSSR count). The molecule has 0 bridgehead atoms. The van der Waals surface area contributed by atoms with Gasteiger partial charge in [0.25, 0.3) is 5.91 Å². The molecule has 3 unspecified atom stereocenters. The molecule has 2 aromatic rings. The largest absolute Gasteiger partial charge is 0.452 e. The van der Waals surface area contributed by atoms with Gasteiger partial charge in [-0.25, -0.2) is 4.68 Å². The first kappa shape index (κ1) is 23.0. The van der Waals surface area contributed by atoms with E-state index >= 15 is 0 Å². The number of para-hydroxylation sites is 1. The number of aromatic nitrogens is 2. The van der Waals surface area contributed by atoms with Crippen molar-refractivity contribution in [3.63, 3.8) is 0 Å². The second kappa shape index (κ2) is 9.77. The Hall–Kier alpha value is -3.16. The normalized spacial score (nSPS) is 20.9. The zero-order chi connectivity index (χ0) is 23.5. The Morgan fingerprint density at radius 1 is 1.06 bits per heavy atom. The van der Waals surface area contributed by atoms with Crippen LogP contribution in [0, 0.1) is 11.8 Å². The van der Waals surface area contributed by atoms with E-state index in [1.165, 1.54) is 0 Å². The second-order valence-electron chi connectivity index (χ2n) is 9.19. The fourth-order valence-corrected chi connectivity index (χ4v) is 4.84. The third kappa shape index (κ3) is 4.79. The molecule has 8 heteroatoms. The average molecular weight is 453 g/mol. The number of hydrogen-bond acceptors (Lipinski definition) is 5. The number of hydrogen-bond donors (Lipinski definition) is 1. The number of nitrogens with one attached hydrogen (secondary N) is 1. The number of fused-ring (bicyclic) bond motifs is 1. The van der Waals surface area contributed by atoms with Gasteiger partial charge in [-0.1, -0.05) is 31.0 Å². The molecule has 1 aliphatic carbocycles. The van der Waals surface area contributed by atoms with Crippen LogP contribution in [0.1, 0.15) is 58.1 Å². The summed E-state index contributed by atoms with van der Waals surface area (Å²) in [7, 11) is 0. The van der Waals surface area contributed by atoms with Gasteiger partial charge in [0.1, 0.15) is 5.82 Å². The number of carbonyl (C=O) groups is 3. The lowest BCUT2D eigenvalue weighted by Crippen LogP contribution is -2.43. The molecule has 2 aliphatic rings. The van der Waals surface area contributed by atoms with Crippen LogP contribution in [-0.4, -0.2) is 40.2 Å². The van der Waals surface area contributed by atoms with E-state index in [1.807, 2.05) is 43.0 Å². The van der Waals surface area contributed by atoms with Gasteiger partial charge in [0, 0.05) is 24.3 Å². The van der Waals surface area contributed by atoms with Crippen molar-refractivity contribution in [3.05, 3.63) is 42.1 Å². The van der Waals surface area contributed by atoms with Crippen LogP contribution in [0.4, 0.5) is 11.5 Å². The molecule has 176 valence electrons. The number of anilines is 2. The van der Waals surface area contributed by atoms with Crippen LogP contribution < -0.4 is 10.2 Å². The number of esters is 1. The lowest BCUT2D eigenvalue weighted by Gasteiger charge is -2.32. The van der Waals surface area contributed by atoms with Gasteiger partial charge < -0.3 is 15.0 Å². The van der Waals surface area contributed by atoms with E-state index in [4.69, 9.17) is 4.74 Å². The number of ether oxygens (including phenoxy) is 1. The molecule has 0 spiro atoms. The van der Waals surface area contributed by atoms with Gasteiger partial charge >= 0.3 is 5.97 Å². The molecule has 2 amide bonds. The van der Waals surface area contributed by atoms with Crippen LogP contribution in [0.15, 0.2) is 36.5 Å². The van der Waals surface area contributed by atoms with E-state index in [0.29, 0.717) is 25.2 Å². The topological polar surface area (TPSA) is 93.5 Å². The molecular formula is C25H32N4O4. The highest BCUT2D eigenvalue weighted by molar-refractivity contribution is 5.99. The summed E-state index contributed by atoms with van der Waals surface area (Å²) in [4.78, 5) is 41.0. The van der Waals surface area contributed by atoms with Gasteiger partial charge in [-0.15, -0.1) is 0 Å². The van der Waals surface area contributed by atoms with E-state index in [2.05, 4.69) is 10.4 Å². The molecule has 2 heterocycles. The van der Waals surface area contributed by atoms with Crippen LogP contribution in [0.2, 0.25) is 0 Å². The SMILES string of the molecule is CC(OC(=O)C1CCCCC1C(=O)N1CCc2ccccc21)C(=O)Nc1ccnn1C(C)C. The summed E-state index contributed by atoms with van der Waals surface area (Å²) in [5.41, 5.74) is 2.10. The maximum absolute atomic E-state index is 13.4. The maximum Gasteiger partial charge on any atom is 0.310 e. The van der Waals surface area contributed by atoms with Crippen molar-refractivity contribution in [2.45, 2.75) is 65.0 Å². The number of amides is 2. The van der Waals surface area contributed by atoms with Gasteiger partial charge in [-0.2, -0.15) is 5.10 Å². The van der Waals surface area contributed by atoms with Gasteiger partial charge in [0.2, 0.25) is 5.91 Å². The first-order valence-corrected chi connectivity index (χ1v) is 11.8. The lowest BCUT2D eigenvalue weighted by molar-refractivity contribution is -0.161. The first-order valence-electron chi connectivity index (χ1n) is 11.8. The lowest BCUT2D eigenvalue weighted by atomic mass is 9.78. The number of benzene rings is 1. The molecule has 8 nitrogen and oxygen atoms in total. The Bertz CT molecular complexity index is 1030. The standard InChI is InChI=1S/C25H32N4O4/c1-16(2)29-22(12-14-26-29)27-23(30)17(3)33-25(32)20-10-6-5-9-19(20)24(31)28-15-13-18-8-4-7-11-21(18)28/h4,7-8,11-12,14,16-17,19-20H,5-6,9-10,13,15H2,1-3H3,(H,27,30). The summed E-state index contributed by atoms with van der Waals surface area (Å²) in [6.07, 6.45) is 4.50. The number of carbonyl (C=O) groups excluding carboxylic acids is 3. The van der Waals surface area contributed by atoms with Crippen molar-refractivity contribution in [2.75, 3.05) is 16.8 Å². The van der Waals surface area contributed by atoms with Crippen molar-refractivity contribution in [1.82, 2.24) is 9.78 Å². The summed E-state index contributed by atoms with van der Waals surface area (Å²) in [6.45, 7) is 6.12. The second-order valence-corrected chi connectivity index (χ2v) is 9.19. The first-order chi connectivity index (χ1) is 15.9. The minimum Gasteiger partial charge on any atom is -0.452 e. The van der Waals surface area contributed by atoms with Crippen LogP contribution in [0.5, 0.6) is 0 Å². The maximum atomic E-state index is 13.4. The third-order valence-corrected chi connectivity index (χ3v) is 6.61. The van der Waals surface area contributed by atoms with Crippen LogP contribution >= 0.6 is 0 Å². The highest BCUT2D eigenvalue weighted by Crippen LogP contribution is 2.36. The van der Waals surface area contributed by atoms with E-state index in [1.54, 1.807) is 23.9 Å². The van der Waals surface area contributed by atoms with Crippen LogP contribution in [0.25, 0.3) is 0 Å². The Morgan fingerprint density at radius 2 is 1.79 bits per heavy atom. The molecule has 1 aromatic heterocycles. The zero-order valence-electron chi connectivity index (χ0n) is 19.5. The quantitative estimate of drug-likeness (QED) is 0.674. The van der Waals surface area contributed by atoms with Gasteiger partial charge in [-0.3, -0.25) is 14.4 Å². The molecule has 3 atom stereocenters. The fraction of sp³-hybridized carbons (Fsp3) is 0.520. The average Bonchev–Trinajstić information content (AvgIpc) is 3.45. The molecule has 0 radical (unpaired) electrons. The van der Waals surface area contributed by atoms with E-state index in [-0.39, 0.29) is 11.9 Å². The summed E-state index contributed by atoms with van der Waals surface area (Å²) < 4.78 is 7.25. The van der Waals surface area contributed by atoms with Crippen molar-refractivity contribution in [2.24, 2.45) is 11.8 Å². The van der Waals surface area contributed by atoms with Crippen molar-refractivity contribution in [1.29, 1.82) is 0 Å². The fourth-order valence-electron chi connectivity index (χ4n) is 4.84. The molecule has 1 N–H and O–H groups in total. The predicted octanol–water partition coefficient (Wildman–Crippen LogP) is 3.73. The van der Waals surface area contributed by atoms with E-state index < -0.39 is 29.8 Å². The third-order valence-electron chi connectivity index (χ3n) is 6.61. The Labute approximate surface area is 194 Å². The van der Waals surface area contributed by atoms with Gasteiger partial charge in [0.15, 0.2) is 6.10 Å². The molecule has 33 heavy (non-hydrogen) atoms. The van der Waals surface area contributed by atoms with Gasteiger partial charge in [0.05, 0.1) is 18.0 Å². The summed E-state index contributed by atoms with van der Waals surface area (Å²) in [5, 5.41) is 6.98. The monoisotopic (exact) mass is 452 g/mol. The molecule has 1 aromatic carbocycles. The minimum absolute atomic E-state index is 0.0143. The Morgan fingerprint density at radius 3 is 2.55 bits per heavy atom. The molecule has 1 fully saturated rings. The molecular weight excluding hydrogens is 420 g/mol. The van der Waals surface area contributed by atoms with E-state index in [0.717, 1.165) is 30.5 Å². The Kier molecular flexibility index (Phi) is 6.81. The molecule has 1 saturated carbocycles. The molecule has 1 aliphatic heterocycles. The van der Waals surface area contributed by atoms with E-state index in [9.17, 15) is 14.4 Å². The molecule has 0 saturated heterocycles. The minimum atomic E-state index is -0.974. The highest BCUT2D eigenvalue weighted by atomic mass is 16.5. The number of rotatable bonds is 6. The van der Waals surface area contributed by atoms with Crippen molar-refractivity contribution >= 4 is 29.3 Å². The van der Waals surface area contributed by atoms with Crippen LogP contribution in [0.3, 0.4) is 0 Å². The van der Waals surface area contributed by atoms with Crippen molar-refractivity contribution < 1.29 is 19.1 Å². The van der Waals surface area contributed by atoms with Gasteiger partial charge in [-0.05, 0) is 51.7 Å². The predicted molar refractivity (Wildman–Crippen MR) is 125 cm³/mol. The summed E-state index contributed by atoms with van der Waals surface area (Å²) >= 11 is 0. The smallest absolute Gasteiger partial charge is 0.310 e. The summed E-state index contributed by atoms with van der Waals surface area (Å²) in [6, 6.07) is 9.70. The zero-order valence-corrected chi connectivity index (χ0v) is 19.5.